The first-order valence-electron chi connectivity index (χ1n) is 8.31. The molecule has 0 spiro atoms. The van der Waals surface area contributed by atoms with Crippen LogP contribution in [0.5, 0.6) is 0 Å². The summed E-state index contributed by atoms with van der Waals surface area (Å²) >= 11 is 0. The van der Waals surface area contributed by atoms with Crippen LogP contribution in [0.25, 0.3) is 0 Å². The standard InChI is InChI=1S/C16H31N3O6/c1-7-13(8-22-3)15(20)18(10-24-5)14-12(2)17(9-23-4)16(21)19(14)11-25-6/h12-14H,7-11H2,1-6H3. The lowest BCUT2D eigenvalue weighted by molar-refractivity contribution is -0.152. The molecule has 9 nitrogen and oxygen atoms in total. The molecule has 1 rings (SSSR count). The lowest BCUT2D eigenvalue weighted by Gasteiger charge is -2.37. The molecule has 0 saturated carbocycles. The van der Waals surface area contributed by atoms with Crippen molar-refractivity contribution in [3.8, 4) is 0 Å². The van der Waals surface area contributed by atoms with E-state index in [4.69, 9.17) is 18.9 Å². The molecule has 146 valence electrons. The Morgan fingerprint density at radius 1 is 1.08 bits per heavy atom. The van der Waals surface area contributed by atoms with Gasteiger partial charge in [0.2, 0.25) is 5.91 Å². The van der Waals surface area contributed by atoms with Gasteiger partial charge in [0.1, 0.15) is 26.4 Å². The van der Waals surface area contributed by atoms with Crippen molar-refractivity contribution in [3.05, 3.63) is 0 Å². The molecule has 0 aromatic heterocycles. The molecule has 0 aromatic carbocycles. The minimum absolute atomic E-state index is 0.0718. The SMILES string of the molecule is CCC(COC)C(=O)N(COC)C1C(C)N(COC)C(=O)N1COC. The highest BCUT2D eigenvalue weighted by Gasteiger charge is 2.48. The molecule has 1 aliphatic rings. The first-order valence-corrected chi connectivity index (χ1v) is 8.31. The second-order valence-electron chi connectivity index (χ2n) is 6.00. The van der Waals surface area contributed by atoms with Crippen molar-refractivity contribution in [2.45, 2.75) is 32.5 Å². The highest BCUT2D eigenvalue weighted by atomic mass is 16.5. The molecule has 1 fully saturated rings. The van der Waals surface area contributed by atoms with Gasteiger partial charge in [0.05, 0.1) is 18.6 Å². The van der Waals surface area contributed by atoms with E-state index >= 15 is 0 Å². The predicted molar refractivity (Wildman–Crippen MR) is 90.5 cm³/mol. The lowest BCUT2D eigenvalue weighted by Crippen LogP contribution is -2.55. The quantitative estimate of drug-likeness (QED) is 0.505. The van der Waals surface area contributed by atoms with E-state index in [-0.39, 0.29) is 44.1 Å². The fourth-order valence-corrected chi connectivity index (χ4v) is 3.09. The molecule has 0 radical (unpaired) electrons. The molecular weight excluding hydrogens is 330 g/mol. The number of methoxy groups -OCH3 is 4. The average Bonchev–Trinajstić information content (AvgIpc) is 2.82. The van der Waals surface area contributed by atoms with Gasteiger partial charge in [-0.2, -0.15) is 0 Å². The van der Waals surface area contributed by atoms with Crippen LogP contribution < -0.4 is 0 Å². The van der Waals surface area contributed by atoms with Gasteiger partial charge in [0.15, 0.2) is 0 Å². The highest BCUT2D eigenvalue weighted by molar-refractivity contribution is 5.82. The molecule has 1 heterocycles. The van der Waals surface area contributed by atoms with Gasteiger partial charge in [-0.15, -0.1) is 0 Å². The Morgan fingerprint density at radius 2 is 1.68 bits per heavy atom. The van der Waals surface area contributed by atoms with Crippen LogP contribution >= 0.6 is 0 Å². The number of carbonyl (C=O) groups excluding carboxylic acids is 2. The minimum Gasteiger partial charge on any atom is -0.384 e. The molecule has 1 aliphatic heterocycles. The van der Waals surface area contributed by atoms with E-state index in [2.05, 4.69) is 0 Å². The van der Waals surface area contributed by atoms with E-state index in [0.717, 1.165) is 0 Å². The molecule has 0 aromatic rings. The molecule has 3 atom stereocenters. The summed E-state index contributed by atoms with van der Waals surface area (Å²) in [5, 5.41) is 0. The first kappa shape index (κ1) is 21.6. The molecule has 0 N–H and O–H groups in total. The first-order chi connectivity index (χ1) is 12.0. The normalized spacial score (nSPS) is 21.8. The Morgan fingerprint density at radius 3 is 2.16 bits per heavy atom. The molecular formula is C16H31N3O6. The van der Waals surface area contributed by atoms with Gasteiger partial charge in [-0.25, -0.2) is 4.79 Å². The van der Waals surface area contributed by atoms with E-state index in [1.165, 1.54) is 26.2 Å². The molecule has 9 heteroatoms. The number of ether oxygens (including phenoxy) is 4. The molecule has 3 unspecified atom stereocenters. The van der Waals surface area contributed by atoms with Crippen LogP contribution in [0.1, 0.15) is 20.3 Å². The van der Waals surface area contributed by atoms with Gasteiger partial charge in [-0.05, 0) is 13.3 Å². The fourth-order valence-electron chi connectivity index (χ4n) is 3.09. The summed E-state index contributed by atoms with van der Waals surface area (Å²) in [6.45, 7) is 4.41. The number of carbonyl (C=O) groups is 2. The van der Waals surface area contributed by atoms with Crippen LogP contribution in [0.2, 0.25) is 0 Å². The third kappa shape index (κ3) is 4.81. The Kier molecular flexibility index (Phi) is 9.12. The van der Waals surface area contributed by atoms with E-state index in [0.29, 0.717) is 13.0 Å². The minimum atomic E-state index is -0.513. The van der Waals surface area contributed by atoms with Crippen LogP contribution in [0.3, 0.4) is 0 Å². The number of hydrogen-bond acceptors (Lipinski definition) is 6. The van der Waals surface area contributed by atoms with Crippen LogP contribution in [0.4, 0.5) is 4.79 Å². The monoisotopic (exact) mass is 361 g/mol. The van der Waals surface area contributed by atoms with Gasteiger partial charge in [0, 0.05) is 28.4 Å². The lowest BCUT2D eigenvalue weighted by atomic mass is 10.1. The Bertz CT molecular complexity index is 436. The van der Waals surface area contributed by atoms with E-state index in [9.17, 15) is 9.59 Å². The van der Waals surface area contributed by atoms with Crippen LogP contribution in [0, 0.1) is 5.92 Å². The zero-order chi connectivity index (χ0) is 19.0. The Balaban J connectivity index is 3.16. The Labute approximate surface area is 149 Å². The van der Waals surface area contributed by atoms with Gasteiger partial charge in [0.25, 0.3) is 0 Å². The highest BCUT2D eigenvalue weighted by Crippen LogP contribution is 2.27. The predicted octanol–water partition coefficient (Wildman–Crippen LogP) is 0.752. The number of rotatable bonds is 11. The summed E-state index contributed by atoms with van der Waals surface area (Å²) in [6, 6.07) is -0.517. The zero-order valence-corrected chi connectivity index (χ0v) is 16.1. The number of urea groups is 1. The van der Waals surface area contributed by atoms with Crippen molar-refractivity contribution < 1.29 is 28.5 Å². The van der Waals surface area contributed by atoms with Gasteiger partial charge >= 0.3 is 6.03 Å². The van der Waals surface area contributed by atoms with Gasteiger partial charge < -0.3 is 18.9 Å². The summed E-state index contributed by atoms with van der Waals surface area (Å²) in [5.41, 5.74) is 0. The van der Waals surface area contributed by atoms with E-state index in [1.807, 2.05) is 13.8 Å². The summed E-state index contributed by atoms with van der Waals surface area (Å²) < 4.78 is 20.7. The smallest absolute Gasteiger partial charge is 0.325 e. The van der Waals surface area contributed by atoms with Crippen molar-refractivity contribution in [2.24, 2.45) is 5.92 Å². The van der Waals surface area contributed by atoms with Gasteiger partial charge in [-0.3, -0.25) is 19.5 Å². The molecule has 3 amide bonds. The Hall–Kier alpha value is -1.42. The summed E-state index contributed by atoms with van der Waals surface area (Å²) in [4.78, 5) is 30.4. The van der Waals surface area contributed by atoms with Crippen LogP contribution in [0.15, 0.2) is 0 Å². The summed E-state index contributed by atoms with van der Waals surface area (Å²) in [5.74, 6) is -0.417. The molecule has 0 bridgehead atoms. The van der Waals surface area contributed by atoms with Crippen molar-refractivity contribution in [2.75, 3.05) is 55.2 Å². The van der Waals surface area contributed by atoms with Crippen molar-refractivity contribution in [1.82, 2.24) is 14.7 Å². The van der Waals surface area contributed by atoms with E-state index < -0.39 is 6.17 Å². The second-order valence-corrected chi connectivity index (χ2v) is 6.00. The number of nitrogens with zero attached hydrogens (tertiary/aromatic N) is 3. The van der Waals surface area contributed by atoms with E-state index in [1.54, 1.807) is 16.9 Å². The largest absolute Gasteiger partial charge is 0.384 e. The van der Waals surface area contributed by atoms with Crippen molar-refractivity contribution >= 4 is 11.9 Å². The molecule has 25 heavy (non-hydrogen) atoms. The molecule has 0 aliphatic carbocycles. The summed E-state index contributed by atoms with van der Waals surface area (Å²) in [6.07, 6.45) is 0.120. The average molecular weight is 361 g/mol. The third-order valence-corrected chi connectivity index (χ3v) is 4.35. The number of amides is 3. The maximum absolute atomic E-state index is 13.0. The van der Waals surface area contributed by atoms with Crippen LogP contribution in [-0.4, -0.2) is 94.1 Å². The second kappa shape index (κ2) is 10.5. The molecule has 1 saturated heterocycles. The van der Waals surface area contributed by atoms with Crippen molar-refractivity contribution in [3.63, 3.8) is 0 Å². The van der Waals surface area contributed by atoms with Crippen molar-refractivity contribution in [1.29, 1.82) is 0 Å². The topological polar surface area (TPSA) is 80.8 Å². The third-order valence-electron chi connectivity index (χ3n) is 4.35. The van der Waals surface area contributed by atoms with Gasteiger partial charge in [-0.1, -0.05) is 6.92 Å². The zero-order valence-electron chi connectivity index (χ0n) is 16.1. The van der Waals surface area contributed by atoms with Crippen LogP contribution in [-0.2, 0) is 23.7 Å². The maximum Gasteiger partial charge on any atom is 0.325 e. The number of hydrogen-bond donors (Lipinski definition) is 0. The summed E-state index contributed by atoms with van der Waals surface area (Å²) in [7, 11) is 6.12. The maximum atomic E-state index is 13.0. The fraction of sp³-hybridized carbons (Fsp3) is 0.875.